The SMILES string of the molecule is CC(O)c1cc(F)cc2c1NC(=O)C2(C)C. The summed E-state index contributed by atoms with van der Waals surface area (Å²) in [4.78, 5) is 11.7. The molecule has 2 rings (SSSR count). The van der Waals surface area contributed by atoms with E-state index >= 15 is 0 Å². The number of nitrogens with one attached hydrogen (secondary N) is 1. The van der Waals surface area contributed by atoms with Gasteiger partial charge in [-0.15, -0.1) is 0 Å². The monoisotopic (exact) mass is 223 g/mol. The van der Waals surface area contributed by atoms with Crippen LogP contribution < -0.4 is 5.32 Å². The largest absolute Gasteiger partial charge is 0.389 e. The average molecular weight is 223 g/mol. The lowest BCUT2D eigenvalue weighted by atomic mass is 9.85. The standard InChI is InChI=1S/C12H14FNO2/c1-6(15)8-4-7(13)5-9-10(8)14-11(16)12(9,2)3/h4-6,15H,1-3H3,(H,14,16). The molecule has 0 aliphatic carbocycles. The number of anilines is 1. The smallest absolute Gasteiger partial charge is 0.234 e. The van der Waals surface area contributed by atoms with E-state index in [0.717, 1.165) is 0 Å². The molecular formula is C12H14FNO2. The van der Waals surface area contributed by atoms with Crippen LogP contribution in [0.3, 0.4) is 0 Å². The number of rotatable bonds is 1. The molecule has 0 saturated heterocycles. The van der Waals surface area contributed by atoms with Crippen molar-refractivity contribution < 1.29 is 14.3 Å². The predicted octanol–water partition coefficient (Wildman–Crippen LogP) is 2.11. The van der Waals surface area contributed by atoms with Crippen LogP contribution >= 0.6 is 0 Å². The third kappa shape index (κ3) is 1.41. The van der Waals surface area contributed by atoms with Gasteiger partial charge in [0.1, 0.15) is 5.82 Å². The fourth-order valence-electron chi connectivity index (χ4n) is 1.98. The molecular weight excluding hydrogens is 209 g/mol. The first-order valence-corrected chi connectivity index (χ1v) is 5.17. The Kier molecular flexibility index (Phi) is 2.27. The van der Waals surface area contributed by atoms with Crippen molar-refractivity contribution in [1.82, 2.24) is 0 Å². The molecule has 1 aromatic carbocycles. The van der Waals surface area contributed by atoms with Gasteiger partial charge in [-0.05, 0) is 38.5 Å². The molecule has 0 bridgehead atoms. The van der Waals surface area contributed by atoms with Gasteiger partial charge in [-0.25, -0.2) is 4.39 Å². The van der Waals surface area contributed by atoms with E-state index in [-0.39, 0.29) is 5.91 Å². The fraction of sp³-hybridized carbons (Fsp3) is 0.417. The molecule has 0 spiro atoms. The van der Waals surface area contributed by atoms with Crippen LogP contribution in [0.4, 0.5) is 10.1 Å². The van der Waals surface area contributed by atoms with Crippen LogP contribution in [0, 0.1) is 5.82 Å². The lowest BCUT2D eigenvalue weighted by Gasteiger charge is -2.16. The molecule has 0 saturated carbocycles. The van der Waals surface area contributed by atoms with Crippen molar-refractivity contribution in [2.75, 3.05) is 5.32 Å². The number of aliphatic hydroxyl groups is 1. The highest BCUT2D eigenvalue weighted by molar-refractivity contribution is 6.06. The van der Waals surface area contributed by atoms with Gasteiger partial charge in [-0.3, -0.25) is 4.79 Å². The maximum atomic E-state index is 13.4. The summed E-state index contributed by atoms with van der Waals surface area (Å²) in [5, 5.41) is 12.3. The molecule has 1 aromatic rings. The van der Waals surface area contributed by atoms with Crippen molar-refractivity contribution in [3.8, 4) is 0 Å². The molecule has 0 radical (unpaired) electrons. The van der Waals surface area contributed by atoms with Crippen molar-refractivity contribution in [2.24, 2.45) is 0 Å². The second-order valence-corrected chi connectivity index (χ2v) is 4.67. The summed E-state index contributed by atoms with van der Waals surface area (Å²) in [6, 6.07) is 2.60. The quantitative estimate of drug-likeness (QED) is 0.766. The van der Waals surface area contributed by atoms with Crippen molar-refractivity contribution in [1.29, 1.82) is 0 Å². The highest BCUT2D eigenvalue weighted by atomic mass is 19.1. The molecule has 0 fully saturated rings. The molecule has 2 N–H and O–H groups in total. The van der Waals surface area contributed by atoms with Crippen LogP contribution in [0.1, 0.15) is 38.0 Å². The van der Waals surface area contributed by atoms with E-state index in [1.807, 2.05) is 0 Å². The van der Waals surface area contributed by atoms with E-state index < -0.39 is 17.3 Å². The van der Waals surface area contributed by atoms with Gasteiger partial charge in [0.05, 0.1) is 17.2 Å². The first-order chi connectivity index (χ1) is 7.34. The third-order valence-electron chi connectivity index (χ3n) is 3.06. The van der Waals surface area contributed by atoms with Crippen LogP contribution in [0.25, 0.3) is 0 Å². The zero-order valence-corrected chi connectivity index (χ0v) is 9.47. The molecule has 86 valence electrons. The average Bonchev–Trinajstić information content (AvgIpc) is 2.39. The van der Waals surface area contributed by atoms with Crippen LogP contribution in [0.2, 0.25) is 0 Å². The normalized spacial score (nSPS) is 19.2. The zero-order valence-electron chi connectivity index (χ0n) is 9.47. The Labute approximate surface area is 93.3 Å². The summed E-state index contributed by atoms with van der Waals surface area (Å²) in [7, 11) is 0. The Morgan fingerprint density at radius 3 is 2.62 bits per heavy atom. The molecule has 1 heterocycles. The molecule has 1 aliphatic heterocycles. The summed E-state index contributed by atoms with van der Waals surface area (Å²) in [6.45, 7) is 5.02. The Hall–Kier alpha value is -1.42. The summed E-state index contributed by atoms with van der Waals surface area (Å²) < 4.78 is 13.4. The maximum absolute atomic E-state index is 13.4. The highest BCUT2D eigenvalue weighted by Crippen LogP contribution is 2.41. The number of amides is 1. The Balaban J connectivity index is 2.70. The van der Waals surface area contributed by atoms with Gasteiger partial charge in [0.15, 0.2) is 0 Å². The van der Waals surface area contributed by atoms with Crippen molar-refractivity contribution in [3.63, 3.8) is 0 Å². The van der Waals surface area contributed by atoms with Crippen molar-refractivity contribution >= 4 is 11.6 Å². The number of hydrogen-bond donors (Lipinski definition) is 2. The second-order valence-electron chi connectivity index (χ2n) is 4.67. The molecule has 1 unspecified atom stereocenters. The topological polar surface area (TPSA) is 49.3 Å². The van der Waals surface area contributed by atoms with Crippen LogP contribution in [0.5, 0.6) is 0 Å². The Morgan fingerprint density at radius 1 is 1.44 bits per heavy atom. The van der Waals surface area contributed by atoms with Gasteiger partial charge in [-0.1, -0.05) is 0 Å². The number of aliphatic hydroxyl groups excluding tert-OH is 1. The zero-order chi connectivity index (χ0) is 12.1. The minimum atomic E-state index is -0.807. The minimum absolute atomic E-state index is 0.171. The predicted molar refractivity (Wildman–Crippen MR) is 58.7 cm³/mol. The Bertz CT molecular complexity index is 466. The number of benzene rings is 1. The van der Waals surface area contributed by atoms with Gasteiger partial charge >= 0.3 is 0 Å². The first kappa shape index (κ1) is 11.1. The van der Waals surface area contributed by atoms with Gasteiger partial charge in [0.25, 0.3) is 0 Å². The number of carbonyl (C=O) groups is 1. The number of carbonyl (C=O) groups excluding carboxylic acids is 1. The van der Waals surface area contributed by atoms with Crippen LogP contribution in [0.15, 0.2) is 12.1 Å². The highest BCUT2D eigenvalue weighted by Gasteiger charge is 2.40. The summed E-state index contributed by atoms with van der Waals surface area (Å²) >= 11 is 0. The van der Waals surface area contributed by atoms with Gasteiger partial charge in [0, 0.05) is 5.56 Å². The maximum Gasteiger partial charge on any atom is 0.234 e. The second kappa shape index (κ2) is 3.28. The molecule has 1 aliphatic rings. The number of halogens is 1. The van der Waals surface area contributed by atoms with E-state index in [1.54, 1.807) is 20.8 Å². The molecule has 0 aromatic heterocycles. The molecule has 3 nitrogen and oxygen atoms in total. The summed E-state index contributed by atoms with van der Waals surface area (Å²) in [5.74, 6) is -0.603. The van der Waals surface area contributed by atoms with Gasteiger partial charge < -0.3 is 10.4 Å². The minimum Gasteiger partial charge on any atom is -0.389 e. The van der Waals surface area contributed by atoms with E-state index in [0.29, 0.717) is 16.8 Å². The van der Waals surface area contributed by atoms with Crippen molar-refractivity contribution in [3.05, 3.63) is 29.1 Å². The first-order valence-electron chi connectivity index (χ1n) is 5.17. The molecule has 1 atom stereocenters. The van der Waals surface area contributed by atoms with E-state index in [2.05, 4.69) is 5.32 Å². The van der Waals surface area contributed by atoms with E-state index in [9.17, 15) is 14.3 Å². The third-order valence-corrected chi connectivity index (χ3v) is 3.06. The number of fused-ring (bicyclic) bond motifs is 1. The van der Waals surface area contributed by atoms with Crippen LogP contribution in [-0.4, -0.2) is 11.0 Å². The summed E-state index contributed by atoms with van der Waals surface area (Å²) in [5.41, 5.74) is 0.829. The fourth-order valence-corrected chi connectivity index (χ4v) is 1.98. The van der Waals surface area contributed by atoms with Gasteiger partial charge in [-0.2, -0.15) is 0 Å². The summed E-state index contributed by atoms with van der Waals surface area (Å²) in [6.07, 6.45) is -0.807. The lowest BCUT2D eigenvalue weighted by molar-refractivity contribution is -0.119. The number of hydrogen-bond acceptors (Lipinski definition) is 2. The van der Waals surface area contributed by atoms with Crippen LogP contribution in [-0.2, 0) is 10.2 Å². The lowest BCUT2D eigenvalue weighted by Crippen LogP contribution is -2.26. The van der Waals surface area contributed by atoms with E-state index in [4.69, 9.17) is 0 Å². The molecule has 4 heteroatoms. The van der Waals surface area contributed by atoms with E-state index in [1.165, 1.54) is 12.1 Å². The molecule has 16 heavy (non-hydrogen) atoms. The van der Waals surface area contributed by atoms with Gasteiger partial charge in [0.2, 0.25) is 5.91 Å². The molecule has 1 amide bonds. The van der Waals surface area contributed by atoms with Crippen molar-refractivity contribution in [2.45, 2.75) is 32.3 Å². The Morgan fingerprint density at radius 2 is 2.06 bits per heavy atom.